The molecule has 5 nitrogen and oxygen atoms in total. The second-order valence-electron chi connectivity index (χ2n) is 3.78. The lowest BCUT2D eigenvalue weighted by Gasteiger charge is -2.15. The fourth-order valence-electron chi connectivity index (χ4n) is 1.29. The third-order valence-electron chi connectivity index (χ3n) is 2.24. The van der Waals surface area contributed by atoms with Crippen LogP contribution in [0.4, 0.5) is 0 Å². The average Bonchev–Trinajstić information content (AvgIpc) is 2.71. The van der Waals surface area contributed by atoms with Crippen LogP contribution in [0.25, 0.3) is 0 Å². The lowest BCUT2D eigenvalue weighted by Crippen LogP contribution is -2.38. The Morgan fingerprint density at radius 2 is 2.24 bits per heavy atom. The van der Waals surface area contributed by atoms with Crippen molar-refractivity contribution in [1.82, 2.24) is 15.2 Å². The largest absolute Gasteiger partial charge is 0.355 e. The zero-order valence-electron chi connectivity index (χ0n) is 10.3. The van der Waals surface area contributed by atoms with Crippen molar-refractivity contribution in [2.24, 2.45) is 0 Å². The van der Waals surface area contributed by atoms with Gasteiger partial charge in [-0.15, -0.1) is 11.3 Å². The van der Waals surface area contributed by atoms with Crippen LogP contribution < -0.4 is 5.32 Å². The van der Waals surface area contributed by atoms with Crippen molar-refractivity contribution in [2.75, 3.05) is 20.1 Å². The summed E-state index contributed by atoms with van der Waals surface area (Å²) in [5.41, 5.74) is 2.34. The van der Waals surface area contributed by atoms with Crippen molar-refractivity contribution < 1.29 is 9.59 Å². The molecule has 6 heteroatoms. The lowest BCUT2D eigenvalue weighted by molar-refractivity contribution is -0.121. The Hall–Kier alpha value is -1.43. The highest BCUT2D eigenvalue weighted by Gasteiger charge is 2.18. The lowest BCUT2D eigenvalue weighted by atomic mass is 10.3. The average molecular weight is 255 g/mol. The van der Waals surface area contributed by atoms with Gasteiger partial charge in [0.05, 0.1) is 17.7 Å². The number of aryl methyl sites for hydroxylation is 1. The molecule has 17 heavy (non-hydrogen) atoms. The van der Waals surface area contributed by atoms with Gasteiger partial charge in [-0.1, -0.05) is 6.92 Å². The first-order chi connectivity index (χ1) is 8.06. The van der Waals surface area contributed by atoms with Gasteiger partial charge in [0.1, 0.15) is 4.88 Å². The number of carbonyl (C=O) groups is 2. The zero-order valence-corrected chi connectivity index (χ0v) is 11.1. The zero-order chi connectivity index (χ0) is 12.8. The molecule has 0 aromatic carbocycles. The molecule has 0 saturated carbocycles. The van der Waals surface area contributed by atoms with Crippen molar-refractivity contribution in [3.8, 4) is 0 Å². The summed E-state index contributed by atoms with van der Waals surface area (Å²) < 4.78 is 0. The van der Waals surface area contributed by atoms with Crippen molar-refractivity contribution in [2.45, 2.75) is 20.3 Å². The van der Waals surface area contributed by atoms with Gasteiger partial charge in [0.2, 0.25) is 5.91 Å². The quantitative estimate of drug-likeness (QED) is 0.855. The summed E-state index contributed by atoms with van der Waals surface area (Å²) in [5, 5.41) is 2.73. The molecule has 0 unspecified atom stereocenters. The monoisotopic (exact) mass is 255 g/mol. The third kappa shape index (κ3) is 3.81. The Labute approximate surface area is 105 Å². The number of amides is 2. The SMILES string of the molecule is CCCNC(=O)CN(C)C(=O)c1scnc1C. The predicted molar refractivity (Wildman–Crippen MR) is 67.1 cm³/mol. The first-order valence-corrected chi connectivity index (χ1v) is 6.36. The maximum atomic E-state index is 12.0. The van der Waals surface area contributed by atoms with Crippen LogP contribution in [0.3, 0.4) is 0 Å². The van der Waals surface area contributed by atoms with Crippen LogP contribution in [0.15, 0.2) is 5.51 Å². The van der Waals surface area contributed by atoms with Crippen LogP contribution in [0, 0.1) is 6.92 Å². The van der Waals surface area contributed by atoms with Crippen LogP contribution in [0.2, 0.25) is 0 Å². The van der Waals surface area contributed by atoms with E-state index in [-0.39, 0.29) is 18.4 Å². The predicted octanol–water partition coefficient (Wildman–Crippen LogP) is 1.05. The van der Waals surface area contributed by atoms with Crippen LogP contribution in [0.5, 0.6) is 0 Å². The van der Waals surface area contributed by atoms with E-state index in [0.717, 1.165) is 6.42 Å². The van der Waals surface area contributed by atoms with E-state index in [1.807, 2.05) is 6.92 Å². The molecule has 0 aliphatic rings. The molecule has 1 aromatic heterocycles. The molecule has 0 atom stereocenters. The van der Waals surface area contributed by atoms with Crippen LogP contribution in [0.1, 0.15) is 28.7 Å². The number of aromatic nitrogens is 1. The first kappa shape index (κ1) is 13.6. The minimum Gasteiger partial charge on any atom is -0.355 e. The van der Waals surface area contributed by atoms with Crippen LogP contribution in [-0.2, 0) is 4.79 Å². The minimum absolute atomic E-state index is 0.0795. The number of nitrogens with one attached hydrogen (secondary N) is 1. The Balaban J connectivity index is 2.53. The highest BCUT2D eigenvalue weighted by Crippen LogP contribution is 2.13. The highest BCUT2D eigenvalue weighted by molar-refractivity contribution is 7.11. The van der Waals surface area contributed by atoms with Crippen molar-refractivity contribution >= 4 is 23.2 Å². The second-order valence-corrected chi connectivity index (χ2v) is 4.63. The van der Waals surface area contributed by atoms with E-state index in [0.29, 0.717) is 17.1 Å². The molecular formula is C11H17N3O2S. The summed E-state index contributed by atoms with van der Waals surface area (Å²) >= 11 is 1.30. The maximum Gasteiger partial charge on any atom is 0.266 e. The molecule has 1 N–H and O–H groups in total. The van der Waals surface area contributed by atoms with E-state index in [1.54, 1.807) is 19.5 Å². The molecule has 2 amide bonds. The molecule has 0 aliphatic carbocycles. The van der Waals surface area contributed by atoms with Gasteiger partial charge in [0.15, 0.2) is 0 Å². The van der Waals surface area contributed by atoms with E-state index in [2.05, 4.69) is 10.3 Å². The molecule has 1 rings (SSSR count). The number of hydrogen-bond acceptors (Lipinski definition) is 4. The number of rotatable bonds is 5. The van der Waals surface area contributed by atoms with E-state index in [1.165, 1.54) is 16.2 Å². The number of likely N-dealkylation sites (N-methyl/N-ethyl adjacent to an activating group) is 1. The molecule has 0 aliphatic heterocycles. The van der Waals surface area contributed by atoms with Gasteiger partial charge < -0.3 is 10.2 Å². The molecule has 0 saturated heterocycles. The molecule has 0 radical (unpaired) electrons. The van der Waals surface area contributed by atoms with Crippen LogP contribution in [-0.4, -0.2) is 41.8 Å². The number of nitrogens with zero attached hydrogens (tertiary/aromatic N) is 2. The van der Waals surface area contributed by atoms with Gasteiger partial charge in [-0.3, -0.25) is 9.59 Å². The van der Waals surface area contributed by atoms with Gasteiger partial charge in [-0.25, -0.2) is 4.98 Å². The summed E-state index contributed by atoms with van der Waals surface area (Å²) in [6.45, 7) is 4.49. The van der Waals surface area contributed by atoms with Crippen molar-refractivity contribution in [1.29, 1.82) is 0 Å². The fraction of sp³-hybridized carbons (Fsp3) is 0.545. The highest BCUT2D eigenvalue weighted by atomic mass is 32.1. The Morgan fingerprint density at radius 1 is 1.53 bits per heavy atom. The summed E-state index contributed by atoms with van der Waals surface area (Å²) in [5.74, 6) is -0.290. The Morgan fingerprint density at radius 3 is 2.76 bits per heavy atom. The first-order valence-electron chi connectivity index (χ1n) is 5.48. The van der Waals surface area contributed by atoms with Crippen LogP contribution >= 0.6 is 11.3 Å². The minimum atomic E-state index is -0.156. The van der Waals surface area contributed by atoms with Gasteiger partial charge >= 0.3 is 0 Å². The smallest absolute Gasteiger partial charge is 0.266 e. The van der Waals surface area contributed by atoms with Gasteiger partial charge in [-0.2, -0.15) is 0 Å². The normalized spacial score (nSPS) is 10.1. The number of thiazole rings is 1. The third-order valence-corrected chi connectivity index (χ3v) is 3.16. The number of carbonyl (C=O) groups excluding carboxylic acids is 2. The molecule has 1 heterocycles. The summed E-state index contributed by atoms with van der Waals surface area (Å²) in [6.07, 6.45) is 0.886. The topological polar surface area (TPSA) is 62.3 Å². The standard InChI is InChI=1S/C11H17N3O2S/c1-4-5-12-9(15)6-14(3)11(16)10-8(2)13-7-17-10/h7H,4-6H2,1-3H3,(H,12,15). The molecular weight excluding hydrogens is 238 g/mol. The number of hydrogen-bond donors (Lipinski definition) is 1. The van der Waals surface area contributed by atoms with Crippen molar-refractivity contribution in [3.63, 3.8) is 0 Å². The van der Waals surface area contributed by atoms with Gasteiger partial charge in [-0.05, 0) is 13.3 Å². The summed E-state index contributed by atoms with van der Waals surface area (Å²) in [6, 6.07) is 0. The van der Waals surface area contributed by atoms with E-state index < -0.39 is 0 Å². The summed E-state index contributed by atoms with van der Waals surface area (Å²) in [7, 11) is 1.62. The molecule has 94 valence electrons. The van der Waals surface area contributed by atoms with Gasteiger partial charge in [0, 0.05) is 13.6 Å². The Kier molecular flexibility index (Phi) is 5.09. The van der Waals surface area contributed by atoms with Gasteiger partial charge in [0.25, 0.3) is 5.91 Å². The maximum absolute atomic E-state index is 12.0. The second kappa shape index (κ2) is 6.34. The molecule has 1 aromatic rings. The fourth-order valence-corrected chi connectivity index (χ4v) is 2.08. The van der Waals surface area contributed by atoms with E-state index >= 15 is 0 Å². The van der Waals surface area contributed by atoms with E-state index in [9.17, 15) is 9.59 Å². The van der Waals surface area contributed by atoms with E-state index in [4.69, 9.17) is 0 Å². The molecule has 0 fully saturated rings. The summed E-state index contributed by atoms with van der Waals surface area (Å²) in [4.78, 5) is 29.4. The molecule has 0 bridgehead atoms. The van der Waals surface area contributed by atoms with Crippen molar-refractivity contribution in [3.05, 3.63) is 16.1 Å². The Bertz CT molecular complexity index is 403. The molecule has 0 spiro atoms.